The quantitative estimate of drug-likeness (QED) is 0.631. The average Bonchev–Trinajstić information content (AvgIpc) is 2.89. The first-order valence-corrected chi connectivity index (χ1v) is 9.35. The molecular formula is C15H16N6O4S. The number of aryl methyl sites for hydroxylation is 2. The number of amides is 1. The van der Waals surface area contributed by atoms with Gasteiger partial charge in [0.2, 0.25) is 15.7 Å². The molecule has 2 aromatic heterocycles. The number of benzene rings is 1. The van der Waals surface area contributed by atoms with E-state index in [1.807, 2.05) is 0 Å². The fourth-order valence-electron chi connectivity index (χ4n) is 2.42. The summed E-state index contributed by atoms with van der Waals surface area (Å²) >= 11 is 0. The molecule has 3 aromatic rings. The third-order valence-electron chi connectivity index (χ3n) is 3.60. The Balaban J connectivity index is 2.17. The minimum Gasteiger partial charge on any atom is -0.465 e. The topological polar surface area (TPSA) is 139 Å². The number of hydrogen-bond acceptors (Lipinski definition) is 6. The number of nitrogens with zero attached hydrogens (tertiary/aromatic N) is 4. The molecular weight excluding hydrogens is 360 g/mol. The van der Waals surface area contributed by atoms with E-state index in [4.69, 9.17) is 5.11 Å². The predicted molar refractivity (Wildman–Crippen MR) is 95.8 cm³/mol. The van der Waals surface area contributed by atoms with E-state index in [9.17, 15) is 13.2 Å². The molecule has 0 fully saturated rings. The molecule has 0 unspecified atom stereocenters. The van der Waals surface area contributed by atoms with Crippen molar-refractivity contribution in [1.82, 2.24) is 19.8 Å². The van der Waals surface area contributed by atoms with Gasteiger partial charge in [-0.2, -0.15) is 9.61 Å². The summed E-state index contributed by atoms with van der Waals surface area (Å²) in [6.07, 6.45) is -0.174. The summed E-state index contributed by atoms with van der Waals surface area (Å²) in [6.45, 7) is 3.46. The van der Waals surface area contributed by atoms with Gasteiger partial charge in [-0.1, -0.05) is 12.1 Å². The maximum Gasteiger partial charge on any atom is 0.409 e. The minimum absolute atomic E-state index is 0.223. The van der Waals surface area contributed by atoms with E-state index in [1.54, 1.807) is 32.0 Å². The zero-order chi connectivity index (χ0) is 19.1. The van der Waals surface area contributed by atoms with Gasteiger partial charge >= 0.3 is 6.09 Å². The molecule has 0 atom stereocenters. The van der Waals surface area contributed by atoms with E-state index < -0.39 is 16.1 Å². The van der Waals surface area contributed by atoms with Gasteiger partial charge in [-0.25, -0.2) is 13.2 Å². The second-order valence-electron chi connectivity index (χ2n) is 5.76. The van der Waals surface area contributed by atoms with E-state index in [-0.39, 0.29) is 11.3 Å². The average molecular weight is 376 g/mol. The molecule has 3 rings (SSSR count). The molecule has 136 valence electrons. The van der Waals surface area contributed by atoms with Gasteiger partial charge in [-0.3, -0.25) is 10.0 Å². The third kappa shape index (κ3) is 3.57. The van der Waals surface area contributed by atoms with Crippen LogP contribution in [0.2, 0.25) is 0 Å². The third-order valence-corrected chi connectivity index (χ3v) is 4.19. The van der Waals surface area contributed by atoms with Crippen molar-refractivity contribution in [2.75, 3.05) is 16.3 Å². The SMILES string of the molecule is Cc1ccc(-c2cc(NC(=O)O)c3nnc(C)n3n2)cc1NS(C)(=O)=O. The van der Waals surface area contributed by atoms with Crippen molar-refractivity contribution in [1.29, 1.82) is 0 Å². The van der Waals surface area contributed by atoms with Crippen LogP contribution in [0.25, 0.3) is 16.9 Å². The van der Waals surface area contributed by atoms with Crippen molar-refractivity contribution in [3.05, 3.63) is 35.7 Å². The summed E-state index contributed by atoms with van der Waals surface area (Å²) in [5.41, 5.74) is 2.69. The van der Waals surface area contributed by atoms with Gasteiger partial charge in [0.15, 0.2) is 5.82 Å². The lowest BCUT2D eigenvalue weighted by atomic mass is 10.1. The maximum absolute atomic E-state index is 11.5. The van der Waals surface area contributed by atoms with E-state index >= 15 is 0 Å². The highest BCUT2D eigenvalue weighted by Gasteiger charge is 2.15. The van der Waals surface area contributed by atoms with Gasteiger partial charge in [0, 0.05) is 5.56 Å². The standard InChI is InChI=1S/C15H16N6O4S/c1-8-4-5-10(6-11(8)20-26(3,24)25)12-7-13(16-15(22)23)14-18-17-9(2)21(14)19-12/h4-7,16,20H,1-3H3,(H,22,23). The number of nitrogens with one attached hydrogen (secondary N) is 2. The van der Waals surface area contributed by atoms with Crippen molar-refractivity contribution in [3.8, 4) is 11.3 Å². The number of aromatic nitrogens is 4. The summed E-state index contributed by atoms with van der Waals surface area (Å²) in [7, 11) is -3.44. The molecule has 2 heterocycles. The zero-order valence-corrected chi connectivity index (χ0v) is 15.0. The number of hydrogen-bond donors (Lipinski definition) is 3. The van der Waals surface area contributed by atoms with Crippen LogP contribution >= 0.6 is 0 Å². The molecule has 11 heteroatoms. The van der Waals surface area contributed by atoms with Gasteiger partial charge in [0.05, 0.1) is 23.3 Å². The number of rotatable bonds is 4. The van der Waals surface area contributed by atoms with Gasteiger partial charge < -0.3 is 5.11 Å². The maximum atomic E-state index is 11.5. The summed E-state index contributed by atoms with van der Waals surface area (Å²) in [6, 6.07) is 6.67. The van der Waals surface area contributed by atoms with Crippen molar-refractivity contribution in [2.24, 2.45) is 0 Å². The van der Waals surface area contributed by atoms with Crippen molar-refractivity contribution in [3.63, 3.8) is 0 Å². The normalized spacial score (nSPS) is 11.5. The Hall–Kier alpha value is -3.21. The number of carbonyl (C=O) groups is 1. The summed E-state index contributed by atoms with van der Waals surface area (Å²) in [4.78, 5) is 11.1. The highest BCUT2D eigenvalue weighted by atomic mass is 32.2. The molecule has 0 spiro atoms. The molecule has 0 aliphatic carbocycles. The smallest absolute Gasteiger partial charge is 0.409 e. The van der Waals surface area contributed by atoms with E-state index in [2.05, 4.69) is 25.3 Å². The van der Waals surface area contributed by atoms with Crippen LogP contribution in [0.1, 0.15) is 11.4 Å². The van der Waals surface area contributed by atoms with Crippen LogP contribution in [0.15, 0.2) is 24.3 Å². The molecule has 3 N–H and O–H groups in total. The lowest BCUT2D eigenvalue weighted by Crippen LogP contribution is -2.11. The first-order chi connectivity index (χ1) is 12.1. The first-order valence-electron chi connectivity index (χ1n) is 7.46. The van der Waals surface area contributed by atoms with Crippen molar-refractivity contribution >= 4 is 33.1 Å². The Morgan fingerprint density at radius 2 is 1.88 bits per heavy atom. The van der Waals surface area contributed by atoms with E-state index in [0.29, 0.717) is 22.8 Å². The molecule has 26 heavy (non-hydrogen) atoms. The zero-order valence-electron chi connectivity index (χ0n) is 14.2. The van der Waals surface area contributed by atoms with Crippen LogP contribution in [0.5, 0.6) is 0 Å². The molecule has 0 saturated carbocycles. The lowest BCUT2D eigenvalue weighted by Gasteiger charge is -2.11. The fraction of sp³-hybridized carbons (Fsp3) is 0.200. The number of sulfonamides is 1. The fourth-order valence-corrected chi connectivity index (χ4v) is 3.04. The summed E-state index contributed by atoms with van der Waals surface area (Å²) in [5, 5.41) is 23.6. The molecule has 10 nitrogen and oxygen atoms in total. The van der Waals surface area contributed by atoms with E-state index in [0.717, 1.165) is 11.8 Å². The summed E-state index contributed by atoms with van der Waals surface area (Å²) in [5.74, 6) is 0.483. The molecule has 0 saturated heterocycles. The van der Waals surface area contributed by atoms with Gasteiger partial charge in [-0.05, 0) is 31.5 Å². The number of anilines is 2. The Morgan fingerprint density at radius 1 is 1.15 bits per heavy atom. The lowest BCUT2D eigenvalue weighted by molar-refractivity contribution is 0.210. The van der Waals surface area contributed by atoms with Crippen LogP contribution in [0, 0.1) is 13.8 Å². The second kappa shape index (κ2) is 6.26. The summed E-state index contributed by atoms with van der Waals surface area (Å²) < 4.78 is 27.0. The Labute approximate surface area is 148 Å². The molecule has 1 aromatic carbocycles. The number of fused-ring (bicyclic) bond motifs is 1. The monoisotopic (exact) mass is 376 g/mol. The highest BCUT2D eigenvalue weighted by molar-refractivity contribution is 7.92. The van der Waals surface area contributed by atoms with Crippen molar-refractivity contribution < 1.29 is 18.3 Å². The largest absolute Gasteiger partial charge is 0.465 e. The molecule has 0 aliphatic rings. The molecule has 0 bridgehead atoms. The Bertz CT molecular complexity index is 1120. The Kier molecular flexibility index (Phi) is 4.24. The second-order valence-corrected chi connectivity index (χ2v) is 7.51. The van der Waals surface area contributed by atoms with Crippen LogP contribution in [-0.4, -0.2) is 45.7 Å². The number of carboxylic acid groups (broad SMARTS) is 1. The first kappa shape index (κ1) is 17.6. The van der Waals surface area contributed by atoms with Crippen LogP contribution in [0.3, 0.4) is 0 Å². The predicted octanol–water partition coefficient (Wildman–Crippen LogP) is 1.87. The Morgan fingerprint density at radius 3 is 2.54 bits per heavy atom. The van der Waals surface area contributed by atoms with E-state index in [1.165, 1.54) is 10.6 Å². The van der Waals surface area contributed by atoms with Gasteiger partial charge in [-0.15, -0.1) is 10.2 Å². The van der Waals surface area contributed by atoms with Crippen LogP contribution in [0.4, 0.5) is 16.2 Å². The molecule has 1 amide bonds. The van der Waals surface area contributed by atoms with Crippen LogP contribution in [-0.2, 0) is 10.0 Å². The van der Waals surface area contributed by atoms with Gasteiger partial charge in [0.1, 0.15) is 0 Å². The minimum atomic E-state index is -3.44. The van der Waals surface area contributed by atoms with Crippen molar-refractivity contribution in [2.45, 2.75) is 13.8 Å². The van der Waals surface area contributed by atoms with Crippen LogP contribution < -0.4 is 10.0 Å². The van der Waals surface area contributed by atoms with Gasteiger partial charge in [0.25, 0.3) is 0 Å². The molecule has 0 radical (unpaired) electrons. The highest BCUT2D eigenvalue weighted by Crippen LogP contribution is 2.28. The molecule has 0 aliphatic heterocycles.